The normalized spacial score (nSPS) is 11.6. The molecular formula is C14H14F3N3O2. The highest BCUT2D eigenvalue weighted by Gasteiger charge is 2.30. The lowest BCUT2D eigenvalue weighted by Crippen LogP contribution is -2.09. The molecule has 0 fully saturated rings. The van der Waals surface area contributed by atoms with Gasteiger partial charge in [0.05, 0.1) is 18.3 Å². The number of halogens is 3. The molecule has 0 saturated heterocycles. The lowest BCUT2D eigenvalue weighted by molar-refractivity contribution is -0.138. The molecule has 22 heavy (non-hydrogen) atoms. The lowest BCUT2D eigenvalue weighted by Gasteiger charge is -2.10. The molecule has 0 amide bonds. The van der Waals surface area contributed by atoms with Gasteiger partial charge in [0.25, 0.3) is 0 Å². The highest BCUT2D eigenvalue weighted by molar-refractivity contribution is 5.67. The predicted molar refractivity (Wildman–Crippen MR) is 73.1 cm³/mol. The standard InChI is InChI=1S/C14H14F3N3O2/c15-14(16,17)11-3-1-2-9(6-11)8-20-13(18)10(7-19-20)4-5-12(21)22/h1-3,6-7H,4-5,8,18H2,(H,21,22). The number of anilines is 1. The number of hydrogen-bond donors (Lipinski definition) is 2. The summed E-state index contributed by atoms with van der Waals surface area (Å²) in [5.41, 5.74) is 6.09. The first kappa shape index (κ1) is 15.9. The monoisotopic (exact) mass is 313 g/mol. The molecule has 0 unspecified atom stereocenters. The number of aliphatic carboxylic acids is 1. The molecule has 1 aromatic heterocycles. The Labute approximate surface area is 124 Å². The molecule has 3 N–H and O–H groups in total. The van der Waals surface area contributed by atoms with Gasteiger partial charge in [0.15, 0.2) is 0 Å². The minimum absolute atomic E-state index is 0.0839. The number of aromatic nitrogens is 2. The second-order valence-electron chi connectivity index (χ2n) is 4.80. The fourth-order valence-corrected chi connectivity index (χ4v) is 2.01. The summed E-state index contributed by atoms with van der Waals surface area (Å²) in [6, 6.07) is 4.91. The smallest absolute Gasteiger partial charge is 0.416 e. The van der Waals surface area contributed by atoms with E-state index in [-0.39, 0.29) is 25.2 Å². The molecule has 0 saturated carbocycles. The highest BCUT2D eigenvalue weighted by Crippen LogP contribution is 2.29. The third-order valence-corrected chi connectivity index (χ3v) is 3.15. The molecule has 0 aliphatic rings. The van der Waals surface area contributed by atoms with E-state index in [0.29, 0.717) is 11.1 Å². The minimum Gasteiger partial charge on any atom is -0.481 e. The summed E-state index contributed by atoms with van der Waals surface area (Å²) in [4.78, 5) is 10.5. The van der Waals surface area contributed by atoms with Crippen molar-refractivity contribution < 1.29 is 23.1 Å². The second kappa shape index (κ2) is 6.08. The van der Waals surface area contributed by atoms with Crippen LogP contribution in [-0.2, 0) is 23.9 Å². The Morgan fingerprint density at radius 1 is 1.36 bits per heavy atom. The average molecular weight is 313 g/mol. The molecule has 0 radical (unpaired) electrons. The van der Waals surface area contributed by atoms with Crippen molar-refractivity contribution in [1.82, 2.24) is 9.78 Å². The van der Waals surface area contributed by atoms with E-state index in [2.05, 4.69) is 5.10 Å². The fraction of sp³-hybridized carbons (Fsp3) is 0.286. The van der Waals surface area contributed by atoms with Crippen LogP contribution in [0.4, 0.5) is 19.0 Å². The van der Waals surface area contributed by atoms with Crippen molar-refractivity contribution >= 4 is 11.8 Å². The highest BCUT2D eigenvalue weighted by atomic mass is 19.4. The topological polar surface area (TPSA) is 81.1 Å². The van der Waals surface area contributed by atoms with Gasteiger partial charge in [-0.1, -0.05) is 12.1 Å². The molecular weight excluding hydrogens is 299 g/mol. The van der Waals surface area contributed by atoms with Crippen LogP contribution in [0.25, 0.3) is 0 Å². The van der Waals surface area contributed by atoms with Crippen LogP contribution in [0, 0.1) is 0 Å². The van der Waals surface area contributed by atoms with Gasteiger partial charge in [-0.15, -0.1) is 0 Å². The second-order valence-corrected chi connectivity index (χ2v) is 4.80. The van der Waals surface area contributed by atoms with E-state index >= 15 is 0 Å². The maximum Gasteiger partial charge on any atom is 0.416 e. The molecule has 0 aliphatic heterocycles. The van der Waals surface area contributed by atoms with E-state index in [0.717, 1.165) is 12.1 Å². The number of carbonyl (C=O) groups is 1. The fourth-order valence-electron chi connectivity index (χ4n) is 2.01. The van der Waals surface area contributed by atoms with Crippen molar-refractivity contribution in [3.05, 3.63) is 47.2 Å². The van der Waals surface area contributed by atoms with Gasteiger partial charge in [0, 0.05) is 12.0 Å². The third-order valence-electron chi connectivity index (χ3n) is 3.15. The van der Waals surface area contributed by atoms with Crippen LogP contribution in [0.5, 0.6) is 0 Å². The quantitative estimate of drug-likeness (QED) is 0.889. The molecule has 1 aromatic carbocycles. The lowest BCUT2D eigenvalue weighted by atomic mass is 10.1. The maximum absolute atomic E-state index is 12.7. The number of hydrogen-bond acceptors (Lipinski definition) is 3. The first-order valence-corrected chi connectivity index (χ1v) is 6.45. The number of aryl methyl sites for hydroxylation is 1. The molecule has 0 bridgehead atoms. The van der Waals surface area contributed by atoms with E-state index in [4.69, 9.17) is 10.8 Å². The third kappa shape index (κ3) is 3.78. The van der Waals surface area contributed by atoms with Crippen molar-refractivity contribution in [3.8, 4) is 0 Å². The number of nitrogen functional groups attached to an aromatic ring is 1. The molecule has 0 aliphatic carbocycles. The van der Waals surface area contributed by atoms with Crippen LogP contribution in [0.1, 0.15) is 23.1 Å². The Hall–Kier alpha value is -2.51. The van der Waals surface area contributed by atoms with Gasteiger partial charge >= 0.3 is 12.1 Å². The van der Waals surface area contributed by atoms with Gasteiger partial charge in [-0.25, -0.2) is 4.68 Å². The molecule has 0 atom stereocenters. The number of nitrogens with two attached hydrogens (primary N) is 1. The van der Waals surface area contributed by atoms with Gasteiger partial charge in [-0.2, -0.15) is 18.3 Å². The van der Waals surface area contributed by atoms with E-state index in [1.807, 2.05) is 0 Å². The number of nitrogens with zero attached hydrogens (tertiary/aromatic N) is 2. The Bertz CT molecular complexity index is 680. The van der Waals surface area contributed by atoms with Crippen molar-refractivity contribution in [2.45, 2.75) is 25.6 Å². The summed E-state index contributed by atoms with van der Waals surface area (Å²) in [6.07, 6.45) is -2.83. The van der Waals surface area contributed by atoms with Crippen LogP contribution < -0.4 is 5.73 Å². The van der Waals surface area contributed by atoms with Gasteiger partial charge in [0.2, 0.25) is 0 Å². The van der Waals surface area contributed by atoms with Crippen molar-refractivity contribution in [2.75, 3.05) is 5.73 Å². The van der Waals surface area contributed by atoms with Crippen LogP contribution in [0.3, 0.4) is 0 Å². The summed E-state index contributed by atoms with van der Waals surface area (Å²) in [5, 5.41) is 12.6. The Morgan fingerprint density at radius 2 is 2.09 bits per heavy atom. The van der Waals surface area contributed by atoms with Crippen molar-refractivity contribution in [1.29, 1.82) is 0 Å². The summed E-state index contributed by atoms with van der Waals surface area (Å²) in [7, 11) is 0. The van der Waals surface area contributed by atoms with E-state index in [9.17, 15) is 18.0 Å². The van der Waals surface area contributed by atoms with Crippen LogP contribution in [-0.4, -0.2) is 20.9 Å². The molecule has 8 heteroatoms. The predicted octanol–water partition coefficient (Wildman–Crippen LogP) is 2.55. The van der Waals surface area contributed by atoms with Gasteiger partial charge in [-0.3, -0.25) is 4.79 Å². The summed E-state index contributed by atoms with van der Waals surface area (Å²) in [5.74, 6) is -0.691. The van der Waals surface area contributed by atoms with Crippen LogP contribution >= 0.6 is 0 Å². The van der Waals surface area contributed by atoms with Gasteiger partial charge in [0.1, 0.15) is 5.82 Å². The molecule has 2 aromatic rings. The van der Waals surface area contributed by atoms with Crippen molar-refractivity contribution in [3.63, 3.8) is 0 Å². The first-order chi connectivity index (χ1) is 10.3. The number of rotatable bonds is 5. The number of carboxylic acid groups (broad SMARTS) is 1. The molecule has 5 nitrogen and oxygen atoms in total. The number of carboxylic acids is 1. The van der Waals surface area contributed by atoms with Gasteiger partial charge < -0.3 is 10.8 Å². The van der Waals surface area contributed by atoms with Crippen LogP contribution in [0.15, 0.2) is 30.5 Å². The molecule has 2 rings (SSSR count). The number of benzene rings is 1. The van der Waals surface area contributed by atoms with Crippen LogP contribution in [0.2, 0.25) is 0 Å². The average Bonchev–Trinajstić information content (AvgIpc) is 2.77. The zero-order valence-corrected chi connectivity index (χ0v) is 11.5. The number of alkyl halides is 3. The molecule has 0 spiro atoms. The zero-order valence-electron chi connectivity index (χ0n) is 11.5. The molecule has 1 heterocycles. The van der Waals surface area contributed by atoms with Crippen molar-refractivity contribution in [2.24, 2.45) is 0 Å². The van der Waals surface area contributed by atoms with E-state index in [1.165, 1.54) is 16.9 Å². The largest absolute Gasteiger partial charge is 0.481 e. The summed E-state index contributed by atoms with van der Waals surface area (Å²) < 4.78 is 39.3. The SMILES string of the molecule is Nc1c(CCC(=O)O)cnn1Cc1cccc(C(F)(F)F)c1. The Kier molecular flexibility index (Phi) is 4.39. The first-order valence-electron chi connectivity index (χ1n) is 6.45. The maximum atomic E-state index is 12.7. The summed E-state index contributed by atoms with van der Waals surface area (Å²) >= 11 is 0. The summed E-state index contributed by atoms with van der Waals surface area (Å²) in [6.45, 7) is 0.0861. The Balaban J connectivity index is 2.16. The minimum atomic E-state index is -4.40. The molecule has 118 valence electrons. The Morgan fingerprint density at radius 3 is 2.73 bits per heavy atom. The van der Waals surface area contributed by atoms with E-state index < -0.39 is 17.7 Å². The van der Waals surface area contributed by atoms with E-state index in [1.54, 1.807) is 6.07 Å². The van der Waals surface area contributed by atoms with Gasteiger partial charge in [-0.05, 0) is 24.1 Å². The zero-order chi connectivity index (χ0) is 16.3.